The van der Waals surface area contributed by atoms with E-state index in [0.29, 0.717) is 21.9 Å². The van der Waals surface area contributed by atoms with Crippen LogP contribution in [0.3, 0.4) is 0 Å². The summed E-state index contributed by atoms with van der Waals surface area (Å²) in [6, 6.07) is 17.1. The Balaban J connectivity index is 1.94. The topological polar surface area (TPSA) is 43.1 Å². The molecule has 3 nitrogen and oxygen atoms in total. The second-order valence-electron chi connectivity index (χ2n) is 7.32. The third kappa shape index (κ3) is 2.72. The molecular weight excluding hydrogens is 310 g/mol. The van der Waals surface area contributed by atoms with Gasteiger partial charge in [0.2, 0.25) is 5.43 Å². The molecule has 0 bridgehead atoms. The Morgan fingerprint density at radius 1 is 0.880 bits per heavy atom. The van der Waals surface area contributed by atoms with Crippen molar-refractivity contribution in [3.05, 3.63) is 76.6 Å². The van der Waals surface area contributed by atoms with Gasteiger partial charge in [0.05, 0.1) is 16.5 Å². The monoisotopic (exact) mass is 329 g/mol. The van der Waals surface area contributed by atoms with Gasteiger partial charge in [-0.05, 0) is 53.4 Å². The first kappa shape index (κ1) is 15.6. The van der Waals surface area contributed by atoms with Crippen molar-refractivity contribution in [2.45, 2.75) is 26.2 Å². The maximum absolute atomic E-state index is 12.8. The van der Waals surface area contributed by atoms with Crippen LogP contribution < -0.4 is 5.43 Å². The standard InChI is InChI=1S/C22H19NO2/c1-22(2,3)15-10-11-23-18(13-15)14-8-9-20-17(12-14)21(24)16-6-4-5-7-19(16)25-20/h4-13H,1-3H3. The molecule has 0 radical (unpaired) electrons. The molecule has 0 amide bonds. The first-order valence-corrected chi connectivity index (χ1v) is 8.36. The lowest BCUT2D eigenvalue weighted by molar-refractivity contribution is 0.589. The molecule has 2 aromatic heterocycles. The number of hydrogen-bond acceptors (Lipinski definition) is 3. The molecule has 124 valence electrons. The van der Waals surface area contributed by atoms with Crippen LogP contribution in [-0.2, 0) is 5.41 Å². The van der Waals surface area contributed by atoms with Crippen LogP contribution in [0, 0.1) is 0 Å². The Bertz CT molecular complexity index is 1150. The van der Waals surface area contributed by atoms with Gasteiger partial charge in [0.15, 0.2) is 0 Å². The largest absolute Gasteiger partial charge is 0.456 e. The second-order valence-corrected chi connectivity index (χ2v) is 7.32. The normalized spacial score (nSPS) is 12.0. The zero-order valence-corrected chi connectivity index (χ0v) is 14.5. The number of fused-ring (bicyclic) bond motifs is 2. The molecule has 4 rings (SSSR count). The van der Waals surface area contributed by atoms with E-state index in [1.54, 1.807) is 6.07 Å². The van der Waals surface area contributed by atoms with Gasteiger partial charge in [0.25, 0.3) is 0 Å². The van der Waals surface area contributed by atoms with Gasteiger partial charge < -0.3 is 4.42 Å². The summed E-state index contributed by atoms with van der Waals surface area (Å²) >= 11 is 0. The molecule has 0 atom stereocenters. The molecule has 0 spiro atoms. The summed E-state index contributed by atoms with van der Waals surface area (Å²) in [6.07, 6.45) is 1.82. The number of aromatic nitrogens is 1. The van der Waals surface area contributed by atoms with Gasteiger partial charge in [-0.3, -0.25) is 9.78 Å². The number of benzene rings is 2. The van der Waals surface area contributed by atoms with Crippen molar-refractivity contribution < 1.29 is 4.42 Å². The van der Waals surface area contributed by atoms with Crippen LogP contribution in [0.4, 0.5) is 0 Å². The van der Waals surface area contributed by atoms with Crippen molar-refractivity contribution >= 4 is 21.9 Å². The van der Waals surface area contributed by atoms with Crippen LogP contribution in [0.1, 0.15) is 26.3 Å². The van der Waals surface area contributed by atoms with Gasteiger partial charge in [-0.1, -0.05) is 32.9 Å². The van der Waals surface area contributed by atoms with E-state index < -0.39 is 0 Å². The summed E-state index contributed by atoms with van der Waals surface area (Å²) in [5.41, 5.74) is 4.24. The Hall–Kier alpha value is -2.94. The van der Waals surface area contributed by atoms with Gasteiger partial charge in [0.1, 0.15) is 11.2 Å². The summed E-state index contributed by atoms with van der Waals surface area (Å²) in [4.78, 5) is 17.3. The number of para-hydroxylation sites is 1. The third-order valence-corrected chi connectivity index (χ3v) is 4.50. The van der Waals surface area contributed by atoms with E-state index in [-0.39, 0.29) is 10.8 Å². The Morgan fingerprint density at radius 3 is 2.44 bits per heavy atom. The van der Waals surface area contributed by atoms with Crippen LogP contribution in [0.5, 0.6) is 0 Å². The summed E-state index contributed by atoms with van der Waals surface area (Å²) in [6.45, 7) is 6.52. The lowest BCUT2D eigenvalue weighted by atomic mass is 9.87. The van der Waals surface area contributed by atoms with Crippen molar-refractivity contribution in [3.63, 3.8) is 0 Å². The zero-order chi connectivity index (χ0) is 17.6. The average Bonchev–Trinajstić information content (AvgIpc) is 2.61. The summed E-state index contributed by atoms with van der Waals surface area (Å²) in [7, 11) is 0. The number of pyridine rings is 1. The predicted molar refractivity (Wildman–Crippen MR) is 102 cm³/mol. The predicted octanol–water partition coefficient (Wildman–Crippen LogP) is 5.31. The maximum Gasteiger partial charge on any atom is 0.200 e. The molecule has 0 saturated heterocycles. The molecule has 0 aliphatic carbocycles. The Morgan fingerprint density at radius 2 is 1.64 bits per heavy atom. The van der Waals surface area contributed by atoms with Crippen molar-refractivity contribution in [1.29, 1.82) is 0 Å². The molecule has 2 heterocycles. The Kier molecular flexibility index (Phi) is 3.46. The van der Waals surface area contributed by atoms with E-state index in [4.69, 9.17) is 4.42 Å². The molecule has 25 heavy (non-hydrogen) atoms. The Labute approximate surface area is 145 Å². The number of rotatable bonds is 1. The molecule has 0 fully saturated rings. The molecule has 0 N–H and O–H groups in total. The highest BCUT2D eigenvalue weighted by molar-refractivity contribution is 5.91. The van der Waals surface area contributed by atoms with Gasteiger partial charge >= 0.3 is 0 Å². The SMILES string of the molecule is CC(C)(C)c1ccnc(-c2ccc3oc4ccccc4c(=O)c3c2)c1. The summed E-state index contributed by atoms with van der Waals surface area (Å²) in [5.74, 6) is 0. The molecular formula is C22H19NO2. The fourth-order valence-corrected chi connectivity index (χ4v) is 3.02. The number of nitrogens with zero attached hydrogens (tertiary/aromatic N) is 1. The fraction of sp³-hybridized carbons (Fsp3) is 0.182. The molecule has 0 aliphatic rings. The summed E-state index contributed by atoms with van der Waals surface area (Å²) < 4.78 is 5.88. The highest BCUT2D eigenvalue weighted by Crippen LogP contribution is 2.28. The van der Waals surface area contributed by atoms with E-state index in [9.17, 15) is 4.79 Å². The van der Waals surface area contributed by atoms with E-state index in [2.05, 4.69) is 31.8 Å². The zero-order valence-electron chi connectivity index (χ0n) is 14.5. The van der Waals surface area contributed by atoms with Crippen LogP contribution in [0.25, 0.3) is 33.2 Å². The van der Waals surface area contributed by atoms with Crippen LogP contribution >= 0.6 is 0 Å². The summed E-state index contributed by atoms with van der Waals surface area (Å²) in [5, 5.41) is 1.18. The lowest BCUT2D eigenvalue weighted by Crippen LogP contribution is -2.11. The molecule has 0 unspecified atom stereocenters. The highest BCUT2D eigenvalue weighted by Gasteiger charge is 2.15. The van der Waals surface area contributed by atoms with Gasteiger partial charge in [-0.25, -0.2) is 0 Å². The average molecular weight is 329 g/mol. The van der Waals surface area contributed by atoms with Gasteiger partial charge in [0, 0.05) is 11.8 Å². The maximum atomic E-state index is 12.8. The molecule has 3 heteroatoms. The first-order chi connectivity index (χ1) is 11.9. The third-order valence-electron chi connectivity index (χ3n) is 4.50. The quantitative estimate of drug-likeness (QED) is 0.445. The van der Waals surface area contributed by atoms with Crippen molar-refractivity contribution in [3.8, 4) is 11.3 Å². The van der Waals surface area contributed by atoms with E-state index >= 15 is 0 Å². The van der Waals surface area contributed by atoms with Crippen molar-refractivity contribution in [2.24, 2.45) is 0 Å². The second kappa shape index (κ2) is 5.55. The minimum atomic E-state index is -0.00863. The van der Waals surface area contributed by atoms with Gasteiger partial charge in [-0.2, -0.15) is 0 Å². The highest BCUT2D eigenvalue weighted by atomic mass is 16.3. The minimum absolute atomic E-state index is 0.00863. The molecule has 0 saturated carbocycles. The minimum Gasteiger partial charge on any atom is -0.456 e. The van der Waals surface area contributed by atoms with Gasteiger partial charge in [-0.15, -0.1) is 0 Å². The van der Waals surface area contributed by atoms with E-state index in [1.165, 1.54) is 5.56 Å². The fourth-order valence-electron chi connectivity index (χ4n) is 3.02. The van der Waals surface area contributed by atoms with Crippen LogP contribution in [-0.4, -0.2) is 4.98 Å². The smallest absolute Gasteiger partial charge is 0.200 e. The molecule has 2 aromatic carbocycles. The first-order valence-electron chi connectivity index (χ1n) is 8.36. The van der Waals surface area contributed by atoms with E-state index in [0.717, 1.165) is 11.3 Å². The molecule has 0 aliphatic heterocycles. The van der Waals surface area contributed by atoms with E-state index in [1.807, 2.05) is 48.7 Å². The van der Waals surface area contributed by atoms with Crippen molar-refractivity contribution in [2.75, 3.05) is 0 Å². The lowest BCUT2D eigenvalue weighted by Gasteiger charge is -2.19. The number of hydrogen-bond donors (Lipinski definition) is 0. The van der Waals surface area contributed by atoms with Crippen LogP contribution in [0.2, 0.25) is 0 Å². The molecule has 4 aromatic rings. The van der Waals surface area contributed by atoms with Crippen LogP contribution in [0.15, 0.2) is 70.0 Å². The van der Waals surface area contributed by atoms with Crippen molar-refractivity contribution in [1.82, 2.24) is 4.98 Å².